The van der Waals surface area contributed by atoms with E-state index in [1.54, 1.807) is 0 Å². The van der Waals surface area contributed by atoms with Crippen molar-refractivity contribution in [2.75, 3.05) is 12.9 Å². The molecule has 0 aliphatic rings. The highest BCUT2D eigenvalue weighted by Gasteiger charge is 2.18. The number of carbonyl (C=O) groups excluding carboxylic acids is 1. The normalized spacial score (nSPS) is 14.1. The Hall–Kier alpha value is -0.620. The van der Waals surface area contributed by atoms with Crippen LogP contribution in [-0.4, -0.2) is 27.2 Å². The molecule has 0 aromatic heterocycles. The van der Waals surface area contributed by atoms with E-state index < -0.39 is 21.9 Å². The van der Waals surface area contributed by atoms with Crippen LogP contribution in [0.25, 0.3) is 0 Å². The van der Waals surface area contributed by atoms with Crippen molar-refractivity contribution in [3.63, 3.8) is 0 Å². The van der Waals surface area contributed by atoms with Crippen LogP contribution in [0.5, 0.6) is 0 Å². The molecule has 1 atom stereocenters. The second-order valence-electron chi connectivity index (χ2n) is 2.25. The van der Waals surface area contributed by atoms with Crippen molar-refractivity contribution >= 4 is 16.0 Å². The van der Waals surface area contributed by atoms with Crippen LogP contribution in [0.1, 0.15) is 6.92 Å². The number of ether oxygens (including phenoxy) is 1. The van der Waals surface area contributed by atoms with E-state index in [-0.39, 0.29) is 5.75 Å². The van der Waals surface area contributed by atoms with Gasteiger partial charge in [0.25, 0.3) is 0 Å². The number of hydrogen-bond donors (Lipinski definition) is 1. The van der Waals surface area contributed by atoms with Crippen LogP contribution < -0.4 is 5.14 Å². The van der Waals surface area contributed by atoms with Gasteiger partial charge in [0, 0.05) is 0 Å². The van der Waals surface area contributed by atoms with Crippen LogP contribution in [0.2, 0.25) is 0 Å². The first-order valence-electron chi connectivity index (χ1n) is 2.95. The summed E-state index contributed by atoms with van der Waals surface area (Å²) in [6, 6.07) is 0. The van der Waals surface area contributed by atoms with Crippen molar-refractivity contribution in [1.29, 1.82) is 0 Å². The van der Waals surface area contributed by atoms with Gasteiger partial charge < -0.3 is 4.74 Å². The van der Waals surface area contributed by atoms with Crippen molar-refractivity contribution in [3.8, 4) is 0 Å². The molecule has 0 saturated heterocycles. The molecule has 0 aromatic rings. The third kappa shape index (κ3) is 4.74. The lowest BCUT2D eigenvalue weighted by molar-refractivity contribution is -0.144. The van der Waals surface area contributed by atoms with Gasteiger partial charge in [-0.3, -0.25) is 4.79 Å². The summed E-state index contributed by atoms with van der Waals surface area (Å²) in [6.45, 7) is 1.44. The smallest absolute Gasteiger partial charge is 0.309 e. The predicted octanol–water partition coefficient (Wildman–Crippen LogP) is -0.916. The molecule has 0 aromatic carbocycles. The summed E-state index contributed by atoms with van der Waals surface area (Å²) < 4.78 is 25.2. The number of rotatable bonds is 3. The highest BCUT2D eigenvalue weighted by Crippen LogP contribution is 1.99. The topological polar surface area (TPSA) is 86.5 Å². The average Bonchev–Trinajstić information content (AvgIpc) is 1.82. The fraction of sp³-hybridized carbons (Fsp3) is 0.800. The Morgan fingerprint density at radius 2 is 2.09 bits per heavy atom. The minimum Gasteiger partial charge on any atom is -0.469 e. The van der Waals surface area contributed by atoms with Gasteiger partial charge in [0.2, 0.25) is 10.0 Å². The van der Waals surface area contributed by atoms with Crippen LogP contribution in [-0.2, 0) is 19.6 Å². The lowest BCUT2D eigenvalue weighted by Crippen LogP contribution is -2.26. The molecule has 0 spiro atoms. The first kappa shape index (κ1) is 10.4. The zero-order valence-corrected chi connectivity index (χ0v) is 7.22. The second kappa shape index (κ2) is 3.68. The van der Waals surface area contributed by atoms with Crippen molar-refractivity contribution in [2.45, 2.75) is 6.92 Å². The Bertz CT molecular complexity index is 233. The summed E-state index contributed by atoms with van der Waals surface area (Å²) in [4.78, 5) is 10.6. The van der Waals surface area contributed by atoms with Crippen LogP contribution in [0.3, 0.4) is 0 Å². The average molecular weight is 181 g/mol. The quantitative estimate of drug-likeness (QED) is 0.571. The van der Waals surface area contributed by atoms with Gasteiger partial charge in [-0.15, -0.1) is 0 Å². The summed E-state index contributed by atoms with van der Waals surface area (Å²) in [5, 5.41) is 4.69. The fourth-order valence-electron chi connectivity index (χ4n) is 0.618. The largest absolute Gasteiger partial charge is 0.469 e. The number of hydrogen-bond acceptors (Lipinski definition) is 4. The van der Waals surface area contributed by atoms with Crippen molar-refractivity contribution < 1.29 is 17.9 Å². The maximum atomic E-state index is 10.6. The van der Waals surface area contributed by atoms with Crippen molar-refractivity contribution in [1.82, 2.24) is 0 Å². The molecule has 0 bridgehead atoms. The highest BCUT2D eigenvalue weighted by atomic mass is 32.2. The van der Waals surface area contributed by atoms with Crippen LogP contribution >= 0.6 is 0 Å². The molecule has 2 N–H and O–H groups in total. The molecule has 5 nitrogen and oxygen atoms in total. The van der Waals surface area contributed by atoms with E-state index in [1.165, 1.54) is 14.0 Å². The highest BCUT2D eigenvalue weighted by molar-refractivity contribution is 7.89. The Morgan fingerprint density at radius 3 is 2.36 bits per heavy atom. The summed E-state index contributed by atoms with van der Waals surface area (Å²) in [7, 11) is -2.38. The standard InChI is InChI=1S/C5H11NO4S/c1-4(5(7)10-2)3-11(6,8)9/h4H,3H2,1-2H3,(H2,6,8,9). The van der Waals surface area contributed by atoms with E-state index in [9.17, 15) is 13.2 Å². The van der Waals surface area contributed by atoms with Crippen LogP contribution in [0.15, 0.2) is 0 Å². The molecule has 0 amide bonds. The molecule has 6 heteroatoms. The number of methoxy groups -OCH3 is 1. The van der Waals surface area contributed by atoms with E-state index in [4.69, 9.17) is 5.14 Å². The number of sulfonamides is 1. The van der Waals surface area contributed by atoms with Gasteiger partial charge in [-0.1, -0.05) is 6.92 Å². The third-order valence-electron chi connectivity index (χ3n) is 1.09. The molecule has 0 heterocycles. The summed E-state index contributed by atoms with van der Waals surface area (Å²) in [5.41, 5.74) is 0. The van der Waals surface area contributed by atoms with Gasteiger partial charge in [0.05, 0.1) is 18.8 Å². The third-order valence-corrected chi connectivity index (χ3v) is 2.05. The van der Waals surface area contributed by atoms with Crippen molar-refractivity contribution in [2.24, 2.45) is 11.1 Å². The monoisotopic (exact) mass is 181 g/mol. The zero-order chi connectivity index (χ0) is 9.07. The van der Waals surface area contributed by atoms with E-state index in [0.717, 1.165) is 0 Å². The van der Waals surface area contributed by atoms with Gasteiger partial charge >= 0.3 is 5.97 Å². The Balaban J connectivity index is 4.09. The Morgan fingerprint density at radius 1 is 1.64 bits per heavy atom. The lowest BCUT2D eigenvalue weighted by Gasteiger charge is -2.05. The minimum atomic E-state index is -3.58. The molecule has 0 saturated carbocycles. The number of esters is 1. The van der Waals surface area contributed by atoms with E-state index in [0.29, 0.717) is 0 Å². The van der Waals surface area contributed by atoms with Crippen molar-refractivity contribution in [3.05, 3.63) is 0 Å². The summed E-state index contributed by atoms with van der Waals surface area (Å²) >= 11 is 0. The molecular formula is C5H11NO4S. The maximum Gasteiger partial charge on any atom is 0.309 e. The van der Waals surface area contributed by atoms with E-state index in [2.05, 4.69) is 4.74 Å². The lowest BCUT2D eigenvalue weighted by atomic mass is 10.2. The fourth-order valence-corrected chi connectivity index (χ4v) is 1.45. The molecule has 0 rings (SSSR count). The molecular weight excluding hydrogens is 170 g/mol. The summed E-state index contributed by atoms with van der Waals surface area (Å²) in [5.74, 6) is -1.64. The van der Waals surface area contributed by atoms with Gasteiger partial charge in [0.15, 0.2) is 0 Å². The Kier molecular flexibility index (Phi) is 3.47. The molecule has 11 heavy (non-hydrogen) atoms. The first-order valence-corrected chi connectivity index (χ1v) is 4.66. The van der Waals surface area contributed by atoms with Gasteiger partial charge in [0.1, 0.15) is 0 Å². The molecule has 66 valence electrons. The SMILES string of the molecule is COC(=O)C(C)CS(N)(=O)=O. The Labute approximate surface area is 65.6 Å². The van der Waals surface area contributed by atoms with Crippen LogP contribution in [0.4, 0.5) is 0 Å². The maximum absolute atomic E-state index is 10.6. The molecule has 0 aliphatic heterocycles. The van der Waals surface area contributed by atoms with Crippen LogP contribution in [0, 0.1) is 5.92 Å². The number of carbonyl (C=O) groups is 1. The molecule has 0 fully saturated rings. The second-order valence-corrected chi connectivity index (χ2v) is 3.91. The summed E-state index contributed by atoms with van der Waals surface area (Å²) in [6.07, 6.45) is 0. The number of primary sulfonamides is 1. The molecule has 0 aliphatic carbocycles. The first-order chi connectivity index (χ1) is 4.87. The van der Waals surface area contributed by atoms with Gasteiger partial charge in [-0.25, -0.2) is 13.6 Å². The van der Waals surface area contributed by atoms with E-state index >= 15 is 0 Å². The minimum absolute atomic E-state index is 0.375. The number of nitrogens with two attached hydrogens (primary N) is 1. The van der Waals surface area contributed by atoms with Gasteiger partial charge in [-0.2, -0.15) is 0 Å². The molecule has 0 radical (unpaired) electrons. The predicted molar refractivity (Wildman–Crippen MR) is 39.2 cm³/mol. The van der Waals surface area contributed by atoms with Gasteiger partial charge in [-0.05, 0) is 0 Å². The van der Waals surface area contributed by atoms with E-state index in [1.807, 2.05) is 0 Å². The zero-order valence-electron chi connectivity index (χ0n) is 6.40. The molecule has 1 unspecified atom stereocenters.